The van der Waals surface area contributed by atoms with Crippen LogP contribution in [0.3, 0.4) is 0 Å². The highest BCUT2D eigenvalue weighted by molar-refractivity contribution is 6.39. The van der Waals surface area contributed by atoms with E-state index in [1.54, 1.807) is 12.1 Å². The van der Waals surface area contributed by atoms with Crippen molar-refractivity contribution < 1.29 is 19.8 Å². The molecule has 0 saturated heterocycles. The molecule has 0 atom stereocenters. The van der Waals surface area contributed by atoms with Gasteiger partial charge in [0.1, 0.15) is 11.8 Å². The number of benzene rings is 1. The Morgan fingerprint density at radius 1 is 1.29 bits per heavy atom. The molecule has 17 heavy (non-hydrogen) atoms. The minimum Gasteiger partial charge on any atom is -0.481 e. The van der Waals surface area contributed by atoms with Crippen LogP contribution in [0.2, 0.25) is 0 Å². The summed E-state index contributed by atoms with van der Waals surface area (Å²) in [6.45, 7) is 0. The average molecular weight is 232 g/mol. The van der Waals surface area contributed by atoms with Crippen LogP contribution >= 0.6 is 0 Å². The second-order valence-corrected chi connectivity index (χ2v) is 3.06. The third-order valence-electron chi connectivity index (χ3n) is 1.85. The summed E-state index contributed by atoms with van der Waals surface area (Å²) in [5.41, 5.74) is -0.175. The van der Waals surface area contributed by atoms with Crippen LogP contribution in [0.4, 0.5) is 5.69 Å². The third-order valence-corrected chi connectivity index (χ3v) is 1.85. The highest BCUT2D eigenvalue weighted by atomic mass is 16.4. The number of hydrogen-bond acceptors (Lipinski definition) is 4. The van der Waals surface area contributed by atoms with E-state index >= 15 is 0 Å². The van der Waals surface area contributed by atoms with Crippen molar-refractivity contribution >= 4 is 23.3 Å². The van der Waals surface area contributed by atoms with Crippen molar-refractivity contribution in [1.29, 1.82) is 5.26 Å². The fraction of sp³-hybridized carbons (Fsp3) is 0.0909. The van der Waals surface area contributed by atoms with Crippen LogP contribution < -0.4 is 0 Å². The van der Waals surface area contributed by atoms with Crippen molar-refractivity contribution in [3.05, 3.63) is 29.8 Å². The van der Waals surface area contributed by atoms with Gasteiger partial charge in [-0.3, -0.25) is 4.79 Å². The maximum atomic E-state index is 10.8. The van der Waals surface area contributed by atoms with Crippen molar-refractivity contribution in [1.82, 2.24) is 0 Å². The molecule has 0 spiro atoms. The summed E-state index contributed by atoms with van der Waals surface area (Å²) in [6, 6.07) is 7.95. The molecule has 0 amide bonds. The first-order valence-corrected chi connectivity index (χ1v) is 4.56. The van der Waals surface area contributed by atoms with Gasteiger partial charge in [-0.15, -0.1) is 0 Å². The van der Waals surface area contributed by atoms with Gasteiger partial charge in [-0.25, -0.2) is 9.79 Å². The van der Waals surface area contributed by atoms with Gasteiger partial charge in [-0.05, 0) is 12.1 Å². The number of rotatable bonds is 4. The molecule has 0 bridgehead atoms. The molecule has 0 unspecified atom stereocenters. The molecule has 0 saturated carbocycles. The van der Waals surface area contributed by atoms with E-state index in [-0.39, 0.29) is 11.3 Å². The molecule has 0 aliphatic carbocycles. The summed E-state index contributed by atoms with van der Waals surface area (Å²) in [4.78, 5) is 24.9. The third kappa shape index (κ3) is 3.43. The van der Waals surface area contributed by atoms with Gasteiger partial charge in [0.15, 0.2) is 0 Å². The van der Waals surface area contributed by atoms with E-state index < -0.39 is 24.1 Å². The van der Waals surface area contributed by atoms with E-state index in [0.29, 0.717) is 0 Å². The summed E-state index contributed by atoms with van der Waals surface area (Å²) in [5, 5.41) is 26.1. The number of aliphatic imine (C=N–C) groups is 1. The van der Waals surface area contributed by atoms with Crippen molar-refractivity contribution in [2.45, 2.75) is 6.42 Å². The summed E-state index contributed by atoms with van der Waals surface area (Å²) >= 11 is 0. The molecule has 0 radical (unpaired) electrons. The molecule has 2 N–H and O–H groups in total. The van der Waals surface area contributed by atoms with Crippen molar-refractivity contribution in [3.63, 3.8) is 0 Å². The quantitative estimate of drug-likeness (QED) is 0.757. The van der Waals surface area contributed by atoms with E-state index in [2.05, 4.69) is 4.99 Å². The standard InChI is InChI=1S/C11H8N2O4/c12-6-7-3-1-2-4-8(7)13-9(11(16)17)5-10(14)15/h1-4H,5H2,(H,14,15)(H,16,17). The lowest BCUT2D eigenvalue weighted by Gasteiger charge is -2.00. The second-order valence-electron chi connectivity index (χ2n) is 3.06. The SMILES string of the molecule is N#Cc1ccccc1N=C(CC(=O)O)C(=O)O. The molecule has 1 rings (SSSR count). The number of nitrogens with zero attached hydrogens (tertiary/aromatic N) is 2. The van der Waals surface area contributed by atoms with Gasteiger partial charge in [0.25, 0.3) is 0 Å². The van der Waals surface area contributed by atoms with Crippen molar-refractivity contribution in [3.8, 4) is 6.07 Å². The Kier molecular flexibility index (Phi) is 3.95. The van der Waals surface area contributed by atoms with E-state index in [9.17, 15) is 9.59 Å². The number of carboxylic acid groups (broad SMARTS) is 2. The normalized spacial score (nSPS) is 10.6. The Bertz CT molecular complexity index is 529. The molecule has 1 aromatic carbocycles. The smallest absolute Gasteiger partial charge is 0.350 e. The van der Waals surface area contributed by atoms with E-state index in [1.807, 2.05) is 6.07 Å². The Morgan fingerprint density at radius 3 is 2.47 bits per heavy atom. The largest absolute Gasteiger partial charge is 0.481 e. The van der Waals surface area contributed by atoms with Crippen LogP contribution in [0.25, 0.3) is 0 Å². The number of para-hydroxylation sites is 1. The molecule has 0 aliphatic heterocycles. The van der Waals surface area contributed by atoms with Gasteiger partial charge in [0.05, 0.1) is 17.7 Å². The molecule has 0 heterocycles. The van der Waals surface area contributed by atoms with Crippen LogP contribution in [0, 0.1) is 11.3 Å². The predicted molar refractivity (Wildman–Crippen MR) is 58.1 cm³/mol. The topological polar surface area (TPSA) is 111 Å². The summed E-state index contributed by atoms with van der Waals surface area (Å²) in [5.74, 6) is -2.71. The van der Waals surface area contributed by atoms with Crippen LogP contribution in [0.15, 0.2) is 29.3 Å². The number of aliphatic carboxylic acids is 2. The first-order chi connectivity index (χ1) is 8.04. The fourth-order valence-corrected chi connectivity index (χ4v) is 1.12. The second kappa shape index (κ2) is 5.42. The van der Waals surface area contributed by atoms with Gasteiger partial charge < -0.3 is 10.2 Å². The van der Waals surface area contributed by atoms with E-state index in [1.165, 1.54) is 12.1 Å². The van der Waals surface area contributed by atoms with Crippen LogP contribution in [0.5, 0.6) is 0 Å². The van der Waals surface area contributed by atoms with Gasteiger partial charge in [-0.1, -0.05) is 12.1 Å². The lowest BCUT2D eigenvalue weighted by Crippen LogP contribution is -2.17. The van der Waals surface area contributed by atoms with Crippen molar-refractivity contribution in [2.75, 3.05) is 0 Å². The summed E-state index contributed by atoms with van der Waals surface area (Å²) < 4.78 is 0. The zero-order valence-electron chi connectivity index (χ0n) is 8.62. The Morgan fingerprint density at radius 2 is 1.94 bits per heavy atom. The zero-order valence-corrected chi connectivity index (χ0v) is 8.62. The maximum absolute atomic E-state index is 10.8. The number of nitriles is 1. The molecular formula is C11H8N2O4. The number of carboxylic acids is 2. The van der Waals surface area contributed by atoms with Gasteiger partial charge in [0.2, 0.25) is 0 Å². The molecule has 0 aromatic heterocycles. The van der Waals surface area contributed by atoms with Crippen molar-refractivity contribution in [2.24, 2.45) is 4.99 Å². The minimum atomic E-state index is -1.42. The molecule has 1 aromatic rings. The van der Waals surface area contributed by atoms with Gasteiger partial charge in [0, 0.05) is 0 Å². The first kappa shape index (κ1) is 12.4. The molecule has 0 fully saturated rings. The molecule has 6 heteroatoms. The Balaban J connectivity index is 3.18. The van der Waals surface area contributed by atoms with Gasteiger partial charge in [-0.2, -0.15) is 5.26 Å². The number of carbonyl (C=O) groups is 2. The molecular weight excluding hydrogens is 224 g/mol. The first-order valence-electron chi connectivity index (χ1n) is 4.56. The van der Waals surface area contributed by atoms with E-state index in [4.69, 9.17) is 15.5 Å². The van der Waals surface area contributed by atoms with Crippen LogP contribution in [-0.2, 0) is 9.59 Å². The molecule has 0 aliphatic rings. The zero-order chi connectivity index (χ0) is 12.8. The Labute approximate surface area is 96.5 Å². The molecule has 6 nitrogen and oxygen atoms in total. The lowest BCUT2D eigenvalue weighted by molar-refractivity contribution is -0.137. The lowest BCUT2D eigenvalue weighted by atomic mass is 10.2. The summed E-state index contributed by atoms with van der Waals surface area (Å²) in [6.07, 6.45) is -0.699. The fourth-order valence-electron chi connectivity index (χ4n) is 1.12. The van der Waals surface area contributed by atoms with E-state index in [0.717, 1.165) is 0 Å². The summed E-state index contributed by atoms with van der Waals surface area (Å²) in [7, 11) is 0. The highest BCUT2D eigenvalue weighted by Crippen LogP contribution is 2.18. The molecule has 86 valence electrons. The predicted octanol–water partition coefficient (Wildman–Crippen LogP) is 1.19. The highest BCUT2D eigenvalue weighted by Gasteiger charge is 2.14. The Hall–Kier alpha value is -2.68. The average Bonchev–Trinajstić information content (AvgIpc) is 2.28. The van der Waals surface area contributed by atoms with Gasteiger partial charge >= 0.3 is 11.9 Å². The maximum Gasteiger partial charge on any atom is 0.350 e. The monoisotopic (exact) mass is 232 g/mol. The number of hydrogen-bond donors (Lipinski definition) is 2. The van der Waals surface area contributed by atoms with Crippen LogP contribution in [-0.4, -0.2) is 27.9 Å². The van der Waals surface area contributed by atoms with Crippen LogP contribution in [0.1, 0.15) is 12.0 Å². The minimum absolute atomic E-state index is 0.147.